The monoisotopic (exact) mass is 256 g/mol. The Balaban J connectivity index is 2.15. The second-order valence-electron chi connectivity index (χ2n) is 5.38. The summed E-state index contributed by atoms with van der Waals surface area (Å²) in [5.74, 6) is 0.836. The topological polar surface area (TPSA) is 0 Å². The molecule has 0 amide bonds. The highest BCUT2D eigenvalue weighted by Crippen LogP contribution is 2.21. The molecule has 0 aromatic rings. The molecule has 0 unspecified atom stereocenters. The third kappa shape index (κ3) is 8.71. The molecular formula is C16H29Cl. The summed E-state index contributed by atoms with van der Waals surface area (Å²) in [6.07, 6.45) is 20.5. The highest BCUT2D eigenvalue weighted by molar-refractivity contribution is 6.17. The van der Waals surface area contributed by atoms with Crippen LogP contribution in [0.4, 0.5) is 0 Å². The molecule has 0 fully saturated rings. The Bertz CT molecular complexity index is 196. The fraction of sp³-hybridized carbons (Fsp3) is 0.875. The van der Waals surface area contributed by atoms with Gasteiger partial charge < -0.3 is 0 Å². The van der Waals surface area contributed by atoms with Crippen LogP contribution in [-0.2, 0) is 0 Å². The molecule has 17 heavy (non-hydrogen) atoms. The number of hydrogen-bond donors (Lipinski definition) is 0. The van der Waals surface area contributed by atoms with E-state index in [0.29, 0.717) is 0 Å². The second-order valence-corrected chi connectivity index (χ2v) is 5.75. The Labute approximate surface area is 113 Å². The minimum Gasteiger partial charge on any atom is -0.127 e. The molecule has 0 aromatic heterocycles. The van der Waals surface area contributed by atoms with Gasteiger partial charge in [0, 0.05) is 5.88 Å². The first-order chi connectivity index (χ1) is 8.43. The SMILES string of the molecule is ClCCCCCCC1=CCCCCCCCC1. The molecule has 0 aromatic carbocycles. The molecule has 0 aliphatic heterocycles. The zero-order valence-corrected chi connectivity index (χ0v) is 12.1. The lowest BCUT2D eigenvalue weighted by atomic mass is 9.96. The fourth-order valence-electron chi connectivity index (χ4n) is 2.64. The summed E-state index contributed by atoms with van der Waals surface area (Å²) in [7, 11) is 0. The van der Waals surface area contributed by atoms with Gasteiger partial charge in [0.15, 0.2) is 0 Å². The molecule has 0 radical (unpaired) electrons. The molecule has 0 nitrogen and oxygen atoms in total. The van der Waals surface area contributed by atoms with Gasteiger partial charge in [0.05, 0.1) is 0 Å². The zero-order valence-electron chi connectivity index (χ0n) is 11.4. The summed E-state index contributed by atoms with van der Waals surface area (Å²) < 4.78 is 0. The van der Waals surface area contributed by atoms with E-state index < -0.39 is 0 Å². The highest BCUT2D eigenvalue weighted by atomic mass is 35.5. The van der Waals surface area contributed by atoms with Crippen LogP contribution in [0.2, 0.25) is 0 Å². The average Bonchev–Trinajstić information content (AvgIpc) is 2.36. The molecule has 0 bridgehead atoms. The third-order valence-corrected chi connectivity index (χ3v) is 4.03. The molecule has 0 saturated heterocycles. The fourth-order valence-corrected chi connectivity index (χ4v) is 2.83. The number of unbranched alkanes of at least 4 members (excludes halogenated alkanes) is 3. The Kier molecular flexibility index (Phi) is 9.89. The van der Waals surface area contributed by atoms with Gasteiger partial charge in [-0.2, -0.15) is 0 Å². The largest absolute Gasteiger partial charge is 0.127 e. The van der Waals surface area contributed by atoms with Crippen molar-refractivity contribution in [2.75, 3.05) is 5.88 Å². The van der Waals surface area contributed by atoms with Gasteiger partial charge in [-0.25, -0.2) is 0 Å². The quantitative estimate of drug-likeness (QED) is 0.300. The predicted molar refractivity (Wildman–Crippen MR) is 78.8 cm³/mol. The summed E-state index contributed by atoms with van der Waals surface area (Å²) in [5.41, 5.74) is 1.75. The Morgan fingerprint density at radius 3 is 2.35 bits per heavy atom. The Hall–Kier alpha value is 0.0300. The van der Waals surface area contributed by atoms with Crippen molar-refractivity contribution in [3.05, 3.63) is 11.6 Å². The van der Waals surface area contributed by atoms with E-state index in [1.807, 2.05) is 0 Å². The second kappa shape index (κ2) is 11.1. The number of allylic oxidation sites excluding steroid dienone is 2. The van der Waals surface area contributed by atoms with Crippen LogP contribution in [0.5, 0.6) is 0 Å². The minimum atomic E-state index is 0.836. The molecule has 0 atom stereocenters. The lowest BCUT2D eigenvalue weighted by Crippen LogP contribution is -1.90. The van der Waals surface area contributed by atoms with Crippen molar-refractivity contribution in [2.24, 2.45) is 0 Å². The highest BCUT2D eigenvalue weighted by Gasteiger charge is 2.01. The van der Waals surface area contributed by atoms with Gasteiger partial charge in [-0.05, 0) is 44.9 Å². The lowest BCUT2D eigenvalue weighted by molar-refractivity contribution is 0.573. The van der Waals surface area contributed by atoms with Gasteiger partial charge >= 0.3 is 0 Å². The first-order valence-electron chi connectivity index (χ1n) is 7.67. The van der Waals surface area contributed by atoms with E-state index in [1.165, 1.54) is 83.5 Å². The van der Waals surface area contributed by atoms with E-state index in [2.05, 4.69) is 6.08 Å². The maximum atomic E-state index is 5.69. The van der Waals surface area contributed by atoms with Crippen LogP contribution in [0.15, 0.2) is 11.6 Å². The number of halogens is 1. The van der Waals surface area contributed by atoms with E-state index in [4.69, 9.17) is 11.6 Å². The van der Waals surface area contributed by atoms with Crippen LogP contribution < -0.4 is 0 Å². The number of alkyl halides is 1. The molecular weight excluding hydrogens is 228 g/mol. The van der Waals surface area contributed by atoms with E-state index in [9.17, 15) is 0 Å². The van der Waals surface area contributed by atoms with Gasteiger partial charge in [-0.15, -0.1) is 11.6 Å². The number of hydrogen-bond acceptors (Lipinski definition) is 0. The smallest absolute Gasteiger partial charge is 0.0223 e. The molecule has 0 N–H and O–H groups in total. The van der Waals surface area contributed by atoms with E-state index >= 15 is 0 Å². The maximum Gasteiger partial charge on any atom is 0.0223 e. The van der Waals surface area contributed by atoms with E-state index in [1.54, 1.807) is 5.57 Å². The molecule has 1 rings (SSSR count). The van der Waals surface area contributed by atoms with Crippen LogP contribution >= 0.6 is 11.6 Å². The van der Waals surface area contributed by atoms with Crippen molar-refractivity contribution in [1.29, 1.82) is 0 Å². The van der Waals surface area contributed by atoms with Crippen LogP contribution in [0.1, 0.15) is 83.5 Å². The summed E-state index contributed by atoms with van der Waals surface area (Å²) in [6, 6.07) is 0. The van der Waals surface area contributed by atoms with Crippen molar-refractivity contribution >= 4 is 11.6 Å². The Morgan fingerprint density at radius 1 is 0.824 bits per heavy atom. The van der Waals surface area contributed by atoms with Crippen molar-refractivity contribution < 1.29 is 0 Å². The molecule has 100 valence electrons. The van der Waals surface area contributed by atoms with Crippen molar-refractivity contribution in [3.8, 4) is 0 Å². The summed E-state index contributed by atoms with van der Waals surface area (Å²) >= 11 is 5.69. The standard InChI is InChI=1S/C16H29Cl/c17-15-11-7-6-10-14-16-12-8-4-2-1-3-5-9-13-16/h12H,1-11,13-15H2. The van der Waals surface area contributed by atoms with Crippen LogP contribution in [-0.4, -0.2) is 5.88 Å². The average molecular weight is 257 g/mol. The van der Waals surface area contributed by atoms with Crippen molar-refractivity contribution in [1.82, 2.24) is 0 Å². The van der Waals surface area contributed by atoms with E-state index in [0.717, 1.165) is 5.88 Å². The van der Waals surface area contributed by atoms with Crippen molar-refractivity contribution in [2.45, 2.75) is 83.5 Å². The van der Waals surface area contributed by atoms with Gasteiger partial charge in [0.2, 0.25) is 0 Å². The summed E-state index contributed by atoms with van der Waals surface area (Å²) in [4.78, 5) is 0. The normalized spacial score (nSPS) is 18.8. The Morgan fingerprint density at radius 2 is 1.53 bits per heavy atom. The molecule has 1 heteroatoms. The van der Waals surface area contributed by atoms with E-state index in [-0.39, 0.29) is 0 Å². The zero-order chi connectivity index (χ0) is 12.2. The number of rotatable bonds is 6. The third-order valence-electron chi connectivity index (χ3n) is 3.77. The van der Waals surface area contributed by atoms with Crippen LogP contribution in [0.25, 0.3) is 0 Å². The first-order valence-corrected chi connectivity index (χ1v) is 8.21. The van der Waals surface area contributed by atoms with Gasteiger partial charge in [-0.1, -0.05) is 50.2 Å². The predicted octanol–water partition coefficient (Wildman–Crippen LogP) is 6.24. The van der Waals surface area contributed by atoms with Gasteiger partial charge in [-0.3, -0.25) is 0 Å². The van der Waals surface area contributed by atoms with Gasteiger partial charge in [0.25, 0.3) is 0 Å². The first kappa shape index (κ1) is 15.1. The van der Waals surface area contributed by atoms with Crippen molar-refractivity contribution in [3.63, 3.8) is 0 Å². The van der Waals surface area contributed by atoms with Gasteiger partial charge in [0.1, 0.15) is 0 Å². The summed E-state index contributed by atoms with van der Waals surface area (Å²) in [6.45, 7) is 0. The summed E-state index contributed by atoms with van der Waals surface area (Å²) in [5, 5.41) is 0. The molecule has 0 spiro atoms. The maximum absolute atomic E-state index is 5.69. The molecule has 1 aliphatic carbocycles. The molecule has 1 aliphatic rings. The van der Waals surface area contributed by atoms with Crippen LogP contribution in [0.3, 0.4) is 0 Å². The van der Waals surface area contributed by atoms with Crippen LogP contribution in [0, 0.1) is 0 Å². The lowest BCUT2D eigenvalue weighted by Gasteiger charge is -2.10. The molecule has 0 heterocycles. The minimum absolute atomic E-state index is 0.836. The molecule has 0 saturated carbocycles.